The summed E-state index contributed by atoms with van der Waals surface area (Å²) in [7, 11) is 1.73. The van der Waals surface area contributed by atoms with Crippen molar-refractivity contribution in [3.8, 4) is 0 Å². The van der Waals surface area contributed by atoms with Gasteiger partial charge in [-0.1, -0.05) is 17.7 Å². The molecular formula is C16H23ClFN3O. The van der Waals surface area contributed by atoms with Crippen LogP contribution in [0.1, 0.15) is 31.2 Å². The van der Waals surface area contributed by atoms with E-state index in [0.717, 1.165) is 38.6 Å². The van der Waals surface area contributed by atoms with Gasteiger partial charge in [0, 0.05) is 49.4 Å². The lowest BCUT2D eigenvalue weighted by Gasteiger charge is -2.12. The van der Waals surface area contributed by atoms with E-state index >= 15 is 0 Å². The van der Waals surface area contributed by atoms with Gasteiger partial charge in [0.2, 0.25) is 0 Å². The minimum Gasteiger partial charge on any atom is -0.382 e. The summed E-state index contributed by atoms with van der Waals surface area (Å²) in [4.78, 5) is 4.19. The van der Waals surface area contributed by atoms with Gasteiger partial charge >= 0.3 is 0 Å². The van der Waals surface area contributed by atoms with E-state index in [1.807, 2.05) is 6.92 Å². The number of nitrogens with one attached hydrogen (secondary N) is 2. The molecule has 0 amide bonds. The zero-order valence-corrected chi connectivity index (χ0v) is 13.8. The summed E-state index contributed by atoms with van der Waals surface area (Å²) in [6.07, 6.45) is 1.78. The standard InChI is InChI=1S/C16H23ClFN3O/c1-3-22-9-5-8-20-16(19-2)21-14-10-11(14)15-12(17)6-4-7-13(15)18/h4,6-7,11,14H,3,5,8-10H2,1-2H3,(H2,19,20,21). The Labute approximate surface area is 136 Å². The Kier molecular flexibility index (Phi) is 6.46. The molecule has 0 aromatic heterocycles. The van der Waals surface area contributed by atoms with Crippen molar-refractivity contribution in [3.63, 3.8) is 0 Å². The quantitative estimate of drug-likeness (QED) is 0.460. The molecule has 1 saturated carbocycles. The number of aliphatic imine (C=N–C) groups is 1. The van der Waals surface area contributed by atoms with Crippen molar-refractivity contribution >= 4 is 17.6 Å². The monoisotopic (exact) mass is 327 g/mol. The van der Waals surface area contributed by atoms with Gasteiger partial charge in [-0.3, -0.25) is 4.99 Å². The third kappa shape index (κ3) is 4.58. The highest BCUT2D eigenvalue weighted by molar-refractivity contribution is 6.31. The zero-order valence-electron chi connectivity index (χ0n) is 13.0. The van der Waals surface area contributed by atoms with Crippen LogP contribution in [0, 0.1) is 5.82 Å². The van der Waals surface area contributed by atoms with E-state index in [4.69, 9.17) is 16.3 Å². The second kappa shape index (κ2) is 8.34. The van der Waals surface area contributed by atoms with Crippen LogP contribution in [0.5, 0.6) is 0 Å². The zero-order chi connectivity index (χ0) is 15.9. The van der Waals surface area contributed by atoms with Crippen molar-refractivity contribution < 1.29 is 9.13 Å². The van der Waals surface area contributed by atoms with Gasteiger partial charge in [0.05, 0.1) is 0 Å². The summed E-state index contributed by atoms with van der Waals surface area (Å²) < 4.78 is 19.2. The van der Waals surface area contributed by atoms with Crippen LogP contribution in [0.25, 0.3) is 0 Å². The van der Waals surface area contributed by atoms with Crippen molar-refractivity contribution in [3.05, 3.63) is 34.6 Å². The highest BCUT2D eigenvalue weighted by Gasteiger charge is 2.41. The number of hydrogen-bond donors (Lipinski definition) is 2. The van der Waals surface area contributed by atoms with Gasteiger partial charge < -0.3 is 15.4 Å². The van der Waals surface area contributed by atoms with Crippen LogP contribution in [0.4, 0.5) is 4.39 Å². The topological polar surface area (TPSA) is 45.6 Å². The number of nitrogens with zero attached hydrogens (tertiary/aromatic N) is 1. The van der Waals surface area contributed by atoms with Crippen LogP contribution in [-0.4, -0.2) is 38.8 Å². The highest BCUT2D eigenvalue weighted by Crippen LogP contribution is 2.44. The molecule has 0 radical (unpaired) electrons. The van der Waals surface area contributed by atoms with Gasteiger partial charge in [-0.05, 0) is 31.9 Å². The molecule has 0 bridgehead atoms. The normalized spacial score (nSPS) is 20.8. The van der Waals surface area contributed by atoms with Crippen molar-refractivity contribution in [2.24, 2.45) is 4.99 Å². The molecule has 0 aliphatic heterocycles. The molecule has 2 N–H and O–H groups in total. The molecule has 2 rings (SSSR count). The summed E-state index contributed by atoms with van der Waals surface area (Å²) in [5, 5.41) is 7.03. The molecule has 2 atom stereocenters. The lowest BCUT2D eigenvalue weighted by Crippen LogP contribution is -2.39. The second-order valence-corrected chi connectivity index (χ2v) is 5.69. The Morgan fingerprint density at radius 2 is 2.32 bits per heavy atom. The molecule has 1 aliphatic carbocycles. The predicted octanol–water partition coefficient (Wildman–Crippen LogP) is 2.93. The van der Waals surface area contributed by atoms with Crippen molar-refractivity contribution in [1.29, 1.82) is 0 Å². The van der Waals surface area contributed by atoms with E-state index in [9.17, 15) is 4.39 Å². The minimum atomic E-state index is -0.235. The molecule has 122 valence electrons. The second-order valence-electron chi connectivity index (χ2n) is 5.28. The smallest absolute Gasteiger partial charge is 0.191 e. The average Bonchev–Trinajstić information content (AvgIpc) is 3.24. The Balaban J connectivity index is 1.80. The number of guanidine groups is 1. The molecular weight excluding hydrogens is 305 g/mol. The maximum absolute atomic E-state index is 13.9. The first-order chi connectivity index (χ1) is 10.7. The molecule has 1 aliphatic rings. The van der Waals surface area contributed by atoms with Crippen LogP contribution in [0.3, 0.4) is 0 Å². The summed E-state index contributed by atoms with van der Waals surface area (Å²) in [6.45, 7) is 4.24. The molecule has 1 aromatic rings. The molecule has 0 heterocycles. The molecule has 0 spiro atoms. The fourth-order valence-electron chi connectivity index (χ4n) is 2.43. The van der Waals surface area contributed by atoms with Crippen molar-refractivity contribution in [2.75, 3.05) is 26.8 Å². The number of halogens is 2. The van der Waals surface area contributed by atoms with E-state index < -0.39 is 0 Å². The molecule has 4 nitrogen and oxygen atoms in total. The first kappa shape index (κ1) is 17.0. The molecule has 6 heteroatoms. The largest absolute Gasteiger partial charge is 0.382 e. The summed E-state index contributed by atoms with van der Waals surface area (Å²) in [5.74, 6) is 0.605. The fraction of sp³-hybridized carbons (Fsp3) is 0.562. The van der Waals surface area contributed by atoms with E-state index in [0.29, 0.717) is 10.6 Å². The minimum absolute atomic E-state index is 0.107. The Bertz CT molecular complexity index is 504. The first-order valence-corrected chi connectivity index (χ1v) is 8.04. The number of benzene rings is 1. The van der Waals surface area contributed by atoms with E-state index in [2.05, 4.69) is 15.6 Å². The summed E-state index contributed by atoms with van der Waals surface area (Å²) in [5.41, 5.74) is 0.605. The number of rotatable bonds is 7. The Hall–Kier alpha value is -1.33. The molecule has 0 saturated heterocycles. The van der Waals surface area contributed by atoms with Crippen molar-refractivity contribution in [1.82, 2.24) is 10.6 Å². The third-order valence-electron chi connectivity index (χ3n) is 3.67. The SMILES string of the molecule is CCOCCCNC(=NC)NC1CC1c1c(F)cccc1Cl. The number of ether oxygens (including phenoxy) is 1. The summed E-state index contributed by atoms with van der Waals surface area (Å²) in [6, 6.07) is 4.99. The van der Waals surface area contributed by atoms with Gasteiger partial charge in [0.1, 0.15) is 5.82 Å². The van der Waals surface area contributed by atoms with E-state index in [1.165, 1.54) is 6.07 Å². The van der Waals surface area contributed by atoms with E-state index in [1.54, 1.807) is 19.2 Å². The van der Waals surface area contributed by atoms with Crippen LogP contribution in [0.15, 0.2) is 23.2 Å². The molecule has 22 heavy (non-hydrogen) atoms. The number of hydrogen-bond acceptors (Lipinski definition) is 2. The van der Waals surface area contributed by atoms with E-state index in [-0.39, 0.29) is 17.8 Å². The van der Waals surface area contributed by atoms with Gasteiger partial charge in [0.15, 0.2) is 5.96 Å². The van der Waals surface area contributed by atoms with Crippen LogP contribution in [0.2, 0.25) is 5.02 Å². The Morgan fingerprint density at radius 3 is 3.00 bits per heavy atom. The predicted molar refractivity (Wildman–Crippen MR) is 88.2 cm³/mol. The maximum atomic E-state index is 13.9. The van der Waals surface area contributed by atoms with Gasteiger partial charge in [-0.25, -0.2) is 4.39 Å². The van der Waals surface area contributed by atoms with Crippen LogP contribution in [-0.2, 0) is 4.74 Å². The molecule has 1 aromatic carbocycles. The Morgan fingerprint density at radius 1 is 1.50 bits per heavy atom. The van der Waals surface area contributed by atoms with Gasteiger partial charge in [-0.2, -0.15) is 0 Å². The lowest BCUT2D eigenvalue weighted by atomic mass is 10.1. The fourth-order valence-corrected chi connectivity index (χ4v) is 2.74. The van der Waals surface area contributed by atoms with Crippen molar-refractivity contribution in [2.45, 2.75) is 31.7 Å². The highest BCUT2D eigenvalue weighted by atomic mass is 35.5. The third-order valence-corrected chi connectivity index (χ3v) is 4.00. The van der Waals surface area contributed by atoms with Gasteiger partial charge in [0.25, 0.3) is 0 Å². The summed E-state index contributed by atoms with van der Waals surface area (Å²) >= 11 is 6.10. The van der Waals surface area contributed by atoms with Crippen LogP contribution < -0.4 is 10.6 Å². The van der Waals surface area contributed by atoms with Gasteiger partial charge in [-0.15, -0.1) is 0 Å². The molecule has 1 fully saturated rings. The first-order valence-electron chi connectivity index (χ1n) is 7.66. The lowest BCUT2D eigenvalue weighted by molar-refractivity contribution is 0.145. The maximum Gasteiger partial charge on any atom is 0.191 e. The average molecular weight is 328 g/mol. The van der Waals surface area contributed by atoms with Crippen LogP contribution >= 0.6 is 11.6 Å². The molecule has 2 unspecified atom stereocenters.